The maximum atomic E-state index is 6.07. The molecular formula is C32H28N4O2S. The molecule has 0 saturated carbocycles. The van der Waals surface area contributed by atoms with Gasteiger partial charge >= 0.3 is 0 Å². The predicted octanol–water partition coefficient (Wildman–Crippen LogP) is 7.16. The summed E-state index contributed by atoms with van der Waals surface area (Å²) in [5.74, 6) is 2.35. The van der Waals surface area contributed by atoms with Crippen LogP contribution in [0.15, 0.2) is 116 Å². The first-order valence-corrected chi connectivity index (χ1v) is 13.2. The zero-order valence-electron chi connectivity index (χ0n) is 21.7. The summed E-state index contributed by atoms with van der Waals surface area (Å²) in [7, 11) is 1.69. The van der Waals surface area contributed by atoms with Crippen LogP contribution in [0.4, 0.5) is 5.69 Å². The zero-order valence-corrected chi connectivity index (χ0v) is 22.5. The maximum absolute atomic E-state index is 6.07. The fraction of sp³-hybridized carbons (Fsp3) is 0.125. The van der Waals surface area contributed by atoms with Crippen molar-refractivity contribution in [3.8, 4) is 22.9 Å². The van der Waals surface area contributed by atoms with Crippen LogP contribution in [0, 0.1) is 6.92 Å². The number of methoxy groups -OCH3 is 1. The molecule has 0 bridgehead atoms. The van der Waals surface area contributed by atoms with E-state index in [9.17, 15) is 0 Å². The lowest BCUT2D eigenvalue weighted by Crippen LogP contribution is -2.30. The minimum Gasteiger partial charge on any atom is -0.495 e. The van der Waals surface area contributed by atoms with Crippen LogP contribution in [0.3, 0.4) is 0 Å². The molecule has 2 aromatic heterocycles. The third-order valence-electron chi connectivity index (χ3n) is 6.90. The van der Waals surface area contributed by atoms with Gasteiger partial charge in [-0.05, 0) is 91.9 Å². The van der Waals surface area contributed by atoms with Gasteiger partial charge in [-0.25, -0.2) is 0 Å². The summed E-state index contributed by atoms with van der Waals surface area (Å²) < 4.78 is 13.9. The van der Waals surface area contributed by atoms with E-state index < -0.39 is 0 Å². The molecule has 6 rings (SSSR count). The molecule has 0 aliphatic carbocycles. The minimum absolute atomic E-state index is 0.162. The Hall–Kier alpha value is -4.62. The molecule has 0 unspecified atom stereocenters. The monoisotopic (exact) mass is 532 g/mol. The fourth-order valence-corrected chi connectivity index (χ4v) is 5.38. The second kappa shape index (κ2) is 10.6. The van der Waals surface area contributed by atoms with E-state index in [-0.39, 0.29) is 12.1 Å². The zero-order chi connectivity index (χ0) is 26.8. The van der Waals surface area contributed by atoms with Gasteiger partial charge in [-0.2, -0.15) is 0 Å². The average molecular weight is 533 g/mol. The van der Waals surface area contributed by atoms with Crippen LogP contribution in [-0.4, -0.2) is 21.8 Å². The molecule has 3 aromatic carbocycles. The highest BCUT2D eigenvalue weighted by atomic mass is 32.1. The molecule has 6 nitrogen and oxygen atoms in total. The number of anilines is 1. The van der Waals surface area contributed by atoms with E-state index in [1.807, 2.05) is 91.1 Å². The van der Waals surface area contributed by atoms with Crippen molar-refractivity contribution in [3.63, 3.8) is 0 Å². The number of aryl methyl sites for hydroxylation is 1. The first kappa shape index (κ1) is 24.7. The fourth-order valence-electron chi connectivity index (χ4n) is 5.03. The molecule has 0 radical (unpaired) electrons. The quantitative estimate of drug-likeness (QED) is 0.225. The van der Waals surface area contributed by atoms with E-state index in [4.69, 9.17) is 21.7 Å². The minimum atomic E-state index is -0.170. The molecule has 39 heavy (non-hydrogen) atoms. The lowest BCUT2D eigenvalue weighted by atomic mass is 10.0. The number of rotatable bonds is 7. The van der Waals surface area contributed by atoms with Gasteiger partial charge in [0.15, 0.2) is 5.11 Å². The molecule has 7 heteroatoms. The molecule has 2 atom stereocenters. The lowest BCUT2D eigenvalue weighted by Gasteiger charge is -2.29. The summed E-state index contributed by atoms with van der Waals surface area (Å²) in [5.41, 5.74) is 5.08. The van der Waals surface area contributed by atoms with Gasteiger partial charge in [0.25, 0.3) is 0 Å². The van der Waals surface area contributed by atoms with E-state index in [1.165, 1.54) is 5.56 Å². The summed E-state index contributed by atoms with van der Waals surface area (Å²) >= 11 is 5.93. The van der Waals surface area contributed by atoms with Gasteiger partial charge in [-0.15, -0.1) is 0 Å². The number of hydrogen-bond donors (Lipinski definition) is 1. The first-order chi connectivity index (χ1) is 19.1. The van der Waals surface area contributed by atoms with Crippen LogP contribution in [0.2, 0.25) is 0 Å². The summed E-state index contributed by atoms with van der Waals surface area (Å²) in [4.78, 5) is 6.84. The number of benzene rings is 3. The lowest BCUT2D eigenvalue weighted by molar-refractivity contribution is 0.412. The van der Waals surface area contributed by atoms with Crippen molar-refractivity contribution in [2.75, 3.05) is 12.0 Å². The predicted molar refractivity (Wildman–Crippen MR) is 158 cm³/mol. The number of nitrogens with one attached hydrogen (secondary N) is 1. The summed E-state index contributed by atoms with van der Waals surface area (Å²) in [6, 6.07) is 33.9. The van der Waals surface area contributed by atoms with Gasteiger partial charge in [-0.1, -0.05) is 35.9 Å². The van der Waals surface area contributed by atoms with Crippen molar-refractivity contribution < 1.29 is 9.47 Å². The number of ether oxygens (including phenoxy) is 2. The van der Waals surface area contributed by atoms with Gasteiger partial charge < -0.3 is 24.3 Å². The number of para-hydroxylation sites is 2. The smallest absolute Gasteiger partial charge is 0.174 e. The van der Waals surface area contributed by atoms with E-state index >= 15 is 0 Å². The van der Waals surface area contributed by atoms with E-state index in [1.54, 1.807) is 7.11 Å². The van der Waals surface area contributed by atoms with E-state index in [2.05, 4.69) is 51.1 Å². The third-order valence-corrected chi connectivity index (χ3v) is 7.21. The second-order valence-corrected chi connectivity index (χ2v) is 9.77. The standard InChI is InChI=1S/C32H28N4O2S/c1-22-12-16-24(17-13-22)38-25-18-14-23(15-19-25)36-31(30(34-32(36)39)26-8-5-6-20-33-26)28-10-7-21-35(28)27-9-3-4-11-29(27)37-2/h3-21,30-31H,1-2H3,(H,34,39)/t30-,31+/m1/s1. The SMILES string of the molecule is COc1ccccc1-n1cccc1[C@H]1[C@@H](c2ccccn2)NC(=S)N1c1ccc(Oc2ccc(C)cc2)cc1. The Bertz CT molecular complexity index is 1580. The number of thiocarbonyl (C=S) groups is 1. The Morgan fingerprint density at radius 1 is 0.821 bits per heavy atom. The third kappa shape index (κ3) is 4.84. The van der Waals surface area contributed by atoms with Crippen molar-refractivity contribution in [2.24, 2.45) is 0 Å². The average Bonchev–Trinajstić information content (AvgIpc) is 3.59. The normalized spacial score (nSPS) is 16.7. The van der Waals surface area contributed by atoms with Crippen molar-refractivity contribution in [1.29, 1.82) is 0 Å². The van der Waals surface area contributed by atoms with Gasteiger partial charge in [-0.3, -0.25) is 4.98 Å². The highest BCUT2D eigenvalue weighted by molar-refractivity contribution is 7.80. The molecule has 1 aliphatic rings. The molecular weight excluding hydrogens is 504 g/mol. The molecule has 1 aliphatic heterocycles. The van der Waals surface area contributed by atoms with Gasteiger partial charge in [0.05, 0.1) is 24.5 Å². The largest absolute Gasteiger partial charge is 0.495 e. The summed E-state index contributed by atoms with van der Waals surface area (Å²) in [6.07, 6.45) is 3.87. The maximum Gasteiger partial charge on any atom is 0.174 e. The van der Waals surface area contributed by atoms with Crippen LogP contribution in [0.1, 0.15) is 29.0 Å². The van der Waals surface area contributed by atoms with Crippen LogP contribution in [0.5, 0.6) is 17.2 Å². The topological polar surface area (TPSA) is 51.5 Å². The van der Waals surface area contributed by atoms with Gasteiger partial charge in [0.1, 0.15) is 23.3 Å². The number of aromatic nitrogens is 2. The molecule has 194 valence electrons. The van der Waals surface area contributed by atoms with E-state index in [0.29, 0.717) is 5.11 Å². The Kier molecular flexibility index (Phi) is 6.73. The first-order valence-electron chi connectivity index (χ1n) is 12.8. The summed E-state index contributed by atoms with van der Waals surface area (Å²) in [5, 5.41) is 4.18. The highest BCUT2D eigenvalue weighted by Gasteiger charge is 2.42. The Morgan fingerprint density at radius 2 is 1.54 bits per heavy atom. The van der Waals surface area contributed by atoms with Crippen LogP contribution in [-0.2, 0) is 0 Å². The Labute approximate surface area is 233 Å². The molecule has 1 N–H and O–H groups in total. The van der Waals surface area contributed by atoms with E-state index in [0.717, 1.165) is 40.0 Å². The highest BCUT2D eigenvalue weighted by Crippen LogP contribution is 2.43. The van der Waals surface area contributed by atoms with Gasteiger partial charge in [0.2, 0.25) is 0 Å². The molecule has 0 amide bonds. The molecule has 1 fully saturated rings. The second-order valence-electron chi connectivity index (χ2n) is 9.38. The van der Waals surface area contributed by atoms with Crippen molar-refractivity contribution >= 4 is 23.0 Å². The number of pyridine rings is 1. The van der Waals surface area contributed by atoms with Crippen LogP contribution in [0.25, 0.3) is 5.69 Å². The Balaban J connectivity index is 1.40. The van der Waals surface area contributed by atoms with Crippen LogP contribution >= 0.6 is 12.2 Å². The Morgan fingerprint density at radius 3 is 2.26 bits per heavy atom. The molecule has 0 spiro atoms. The number of hydrogen-bond acceptors (Lipinski definition) is 4. The van der Waals surface area contributed by atoms with Gasteiger partial charge in [0, 0.05) is 23.8 Å². The molecule has 1 saturated heterocycles. The van der Waals surface area contributed by atoms with Crippen molar-refractivity contribution in [1.82, 2.24) is 14.9 Å². The van der Waals surface area contributed by atoms with Crippen molar-refractivity contribution in [2.45, 2.75) is 19.0 Å². The molecule has 3 heterocycles. The van der Waals surface area contributed by atoms with Crippen LogP contribution < -0.4 is 19.7 Å². The number of nitrogens with zero attached hydrogens (tertiary/aromatic N) is 3. The van der Waals surface area contributed by atoms with Crippen molar-refractivity contribution in [3.05, 3.63) is 132 Å². The summed E-state index contributed by atoms with van der Waals surface area (Å²) in [6.45, 7) is 2.06. The molecule has 5 aromatic rings.